The van der Waals surface area contributed by atoms with E-state index in [-0.39, 0.29) is 19.9 Å². The number of ether oxygens (including phenoxy) is 1. The molecule has 0 saturated heterocycles. The predicted octanol–water partition coefficient (Wildman–Crippen LogP) is 3.54. The van der Waals surface area contributed by atoms with E-state index in [4.69, 9.17) is 4.74 Å². The van der Waals surface area contributed by atoms with Crippen molar-refractivity contribution in [3.8, 4) is 5.75 Å². The van der Waals surface area contributed by atoms with Gasteiger partial charge in [-0.1, -0.05) is 23.5 Å². The molecule has 0 bridgehead atoms. The average Bonchev–Trinajstić information content (AvgIpc) is 3.22. The summed E-state index contributed by atoms with van der Waals surface area (Å²) in [5.74, 6) is 0.223. The number of nitrogens with one attached hydrogen (secondary N) is 1. The summed E-state index contributed by atoms with van der Waals surface area (Å²) >= 11 is 0.785. The van der Waals surface area contributed by atoms with E-state index in [0.717, 1.165) is 47.4 Å². The van der Waals surface area contributed by atoms with Gasteiger partial charge in [-0.05, 0) is 35.9 Å². The molecule has 0 aliphatic carbocycles. The zero-order chi connectivity index (χ0) is 21.7. The van der Waals surface area contributed by atoms with Gasteiger partial charge >= 0.3 is 0 Å². The lowest BCUT2D eigenvalue weighted by Crippen LogP contribution is -2.07. The number of thiazole rings is 1. The van der Waals surface area contributed by atoms with Crippen LogP contribution in [0.2, 0.25) is 0 Å². The Labute approximate surface area is 175 Å². The van der Waals surface area contributed by atoms with E-state index in [0.29, 0.717) is 5.75 Å². The highest BCUT2D eigenvalue weighted by Gasteiger charge is 2.22. The Hall–Kier alpha value is -3.57. The van der Waals surface area contributed by atoms with Crippen molar-refractivity contribution in [2.75, 3.05) is 12.4 Å². The molecule has 154 valence electrons. The molecule has 0 aliphatic rings. The maximum atomic E-state index is 12.6. The minimum absolute atomic E-state index is 0.0919. The summed E-state index contributed by atoms with van der Waals surface area (Å²) in [4.78, 5) is 26.0. The average molecular weight is 445 g/mol. The molecule has 0 aliphatic heterocycles. The topological polar surface area (TPSA) is 128 Å². The van der Waals surface area contributed by atoms with Gasteiger partial charge in [0, 0.05) is 18.2 Å². The number of carbonyl (C=O) groups excluding carboxylic acids is 1. The lowest BCUT2D eigenvalue weighted by Gasteiger charge is -2.01. The van der Waals surface area contributed by atoms with Crippen molar-refractivity contribution in [2.24, 2.45) is 0 Å². The molecular weight excluding hydrogens is 430 g/mol. The van der Waals surface area contributed by atoms with Crippen molar-refractivity contribution in [1.29, 1.82) is 0 Å². The zero-order valence-corrected chi connectivity index (χ0v) is 17.1. The van der Waals surface area contributed by atoms with Gasteiger partial charge in [-0.2, -0.15) is 0 Å². The summed E-state index contributed by atoms with van der Waals surface area (Å²) in [6.45, 7) is 0. The lowest BCUT2D eigenvalue weighted by molar-refractivity contribution is -0.384. The minimum atomic E-state index is -3.91. The first-order valence-electron chi connectivity index (χ1n) is 8.38. The maximum absolute atomic E-state index is 12.6. The highest BCUT2D eigenvalue weighted by atomic mass is 32.2. The fourth-order valence-electron chi connectivity index (χ4n) is 2.34. The van der Waals surface area contributed by atoms with Gasteiger partial charge < -0.3 is 4.74 Å². The first-order valence-corrected chi connectivity index (χ1v) is 10.7. The number of anilines is 1. The Morgan fingerprint density at radius 3 is 2.43 bits per heavy atom. The molecular formula is C19H15N3O6S2. The fourth-order valence-corrected chi connectivity index (χ4v) is 4.77. The highest BCUT2D eigenvalue weighted by Crippen LogP contribution is 2.29. The fraction of sp³-hybridized carbons (Fsp3) is 0.0526. The van der Waals surface area contributed by atoms with Crippen molar-refractivity contribution >= 4 is 44.0 Å². The number of carbonyl (C=O) groups is 1. The molecule has 0 fully saturated rings. The number of non-ortho nitro benzene ring substituents is 1. The van der Waals surface area contributed by atoms with Gasteiger partial charge in [-0.25, -0.2) is 13.4 Å². The third-order valence-corrected chi connectivity index (χ3v) is 7.02. The molecule has 0 radical (unpaired) electrons. The van der Waals surface area contributed by atoms with Crippen molar-refractivity contribution in [2.45, 2.75) is 9.10 Å². The van der Waals surface area contributed by atoms with Gasteiger partial charge in [0.2, 0.25) is 15.7 Å². The van der Waals surface area contributed by atoms with Crippen LogP contribution >= 0.6 is 11.3 Å². The first kappa shape index (κ1) is 21.1. The standard InChI is InChI=1S/C19H15N3O6S2/c1-28-15-7-2-13(3-8-15)4-11-17(23)21-19-20-12-18(29-19)30(26,27)16-9-5-14(6-10-16)22(24)25/h2-12H,1H3,(H,20,21,23). The molecule has 0 atom stereocenters. The van der Waals surface area contributed by atoms with Crippen LogP contribution < -0.4 is 10.1 Å². The summed E-state index contributed by atoms with van der Waals surface area (Å²) in [5, 5.41) is 13.3. The van der Waals surface area contributed by atoms with Gasteiger partial charge in [-0.15, -0.1) is 0 Å². The number of sulfone groups is 1. The molecule has 1 heterocycles. The third-order valence-electron chi connectivity index (χ3n) is 3.88. The molecule has 9 nitrogen and oxygen atoms in total. The number of amides is 1. The second-order valence-corrected chi connectivity index (χ2v) is 9.04. The van der Waals surface area contributed by atoms with Crippen molar-refractivity contribution in [3.05, 3.63) is 76.5 Å². The monoisotopic (exact) mass is 445 g/mol. The molecule has 11 heteroatoms. The van der Waals surface area contributed by atoms with Crippen LogP contribution in [-0.2, 0) is 14.6 Å². The molecule has 1 N–H and O–H groups in total. The van der Waals surface area contributed by atoms with Gasteiger partial charge in [-0.3, -0.25) is 20.2 Å². The number of aromatic nitrogens is 1. The zero-order valence-electron chi connectivity index (χ0n) is 15.5. The van der Waals surface area contributed by atoms with Crippen molar-refractivity contribution in [3.63, 3.8) is 0 Å². The van der Waals surface area contributed by atoms with Crippen LogP contribution in [0.5, 0.6) is 5.75 Å². The van der Waals surface area contributed by atoms with Crippen LogP contribution in [0.4, 0.5) is 10.8 Å². The molecule has 0 spiro atoms. The SMILES string of the molecule is COc1ccc(C=CC(=O)Nc2ncc(S(=O)(=O)c3ccc([N+](=O)[O-])cc3)s2)cc1. The molecule has 0 unspecified atom stereocenters. The number of nitro benzene ring substituents is 1. The molecule has 2 aromatic carbocycles. The predicted molar refractivity (Wildman–Crippen MR) is 111 cm³/mol. The van der Waals surface area contributed by atoms with Gasteiger partial charge in [0.15, 0.2) is 5.13 Å². The molecule has 30 heavy (non-hydrogen) atoms. The Kier molecular flexibility index (Phi) is 6.23. The van der Waals surface area contributed by atoms with Crippen LogP contribution in [0.15, 0.2) is 69.9 Å². The van der Waals surface area contributed by atoms with Crippen molar-refractivity contribution in [1.82, 2.24) is 4.98 Å². The molecule has 1 amide bonds. The second-order valence-electron chi connectivity index (χ2n) is 5.83. The van der Waals surface area contributed by atoms with Gasteiger partial charge in [0.05, 0.1) is 23.1 Å². The van der Waals surface area contributed by atoms with Crippen LogP contribution in [0.1, 0.15) is 5.56 Å². The number of benzene rings is 2. The first-order chi connectivity index (χ1) is 14.3. The van der Waals surface area contributed by atoms with E-state index >= 15 is 0 Å². The van der Waals surface area contributed by atoms with E-state index in [1.54, 1.807) is 37.5 Å². The van der Waals surface area contributed by atoms with Crippen molar-refractivity contribution < 1.29 is 22.9 Å². The number of nitrogens with zero attached hydrogens (tertiary/aromatic N) is 2. The second kappa shape index (κ2) is 8.84. The number of hydrogen-bond acceptors (Lipinski definition) is 8. The van der Waals surface area contributed by atoms with Gasteiger partial charge in [0.1, 0.15) is 9.96 Å². The minimum Gasteiger partial charge on any atom is -0.497 e. The normalized spacial score (nSPS) is 11.4. The third kappa shape index (κ3) is 4.88. The van der Waals surface area contributed by atoms with Crippen LogP contribution in [0.3, 0.4) is 0 Å². The Morgan fingerprint density at radius 1 is 1.17 bits per heavy atom. The maximum Gasteiger partial charge on any atom is 0.269 e. The summed E-state index contributed by atoms with van der Waals surface area (Å²) in [5.41, 5.74) is 0.571. The van der Waals surface area contributed by atoms with E-state index < -0.39 is 20.7 Å². The number of methoxy groups -OCH3 is 1. The van der Waals surface area contributed by atoms with Crippen LogP contribution in [0.25, 0.3) is 6.08 Å². The Balaban J connectivity index is 1.69. The number of hydrogen-bond donors (Lipinski definition) is 1. The smallest absolute Gasteiger partial charge is 0.269 e. The Morgan fingerprint density at radius 2 is 1.83 bits per heavy atom. The largest absolute Gasteiger partial charge is 0.497 e. The lowest BCUT2D eigenvalue weighted by atomic mass is 10.2. The number of rotatable bonds is 7. The van der Waals surface area contributed by atoms with Gasteiger partial charge in [0.25, 0.3) is 5.69 Å². The van der Waals surface area contributed by atoms with E-state index in [1.165, 1.54) is 6.08 Å². The molecule has 1 aromatic heterocycles. The summed E-state index contributed by atoms with van der Waals surface area (Å²) in [6, 6.07) is 11.6. The Bertz CT molecular complexity index is 1200. The molecule has 3 aromatic rings. The summed E-state index contributed by atoms with van der Waals surface area (Å²) in [7, 11) is -2.35. The van der Waals surface area contributed by atoms with E-state index in [1.807, 2.05) is 0 Å². The molecule has 3 rings (SSSR count). The van der Waals surface area contributed by atoms with Crippen LogP contribution in [-0.4, -0.2) is 31.3 Å². The quantitative estimate of drug-likeness (QED) is 0.334. The summed E-state index contributed by atoms with van der Waals surface area (Å²) < 4.78 is 30.3. The van der Waals surface area contributed by atoms with E-state index in [2.05, 4.69) is 10.3 Å². The molecule has 0 saturated carbocycles. The van der Waals surface area contributed by atoms with Crippen LogP contribution in [0, 0.1) is 10.1 Å². The summed E-state index contributed by atoms with van der Waals surface area (Å²) in [6.07, 6.45) is 4.02. The number of nitro groups is 1. The highest BCUT2D eigenvalue weighted by molar-refractivity contribution is 7.93. The van der Waals surface area contributed by atoms with E-state index in [9.17, 15) is 23.3 Å².